The molecule has 5 heteroatoms. The summed E-state index contributed by atoms with van der Waals surface area (Å²) in [5.74, 6) is 0.121. The molecular formula is C11H6FN3O. The number of nitrogens with zero attached hydrogens (tertiary/aromatic N) is 3. The number of halogens is 1. The fourth-order valence-electron chi connectivity index (χ4n) is 1.41. The van der Waals surface area contributed by atoms with Gasteiger partial charge in [0.1, 0.15) is 17.7 Å². The van der Waals surface area contributed by atoms with Gasteiger partial charge in [-0.1, -0.05) is 0 Å². The largest absolute Gasteiger partial charge is 0.418 e. The van der Waals surface area contributed by atoms with E-state index in [0.29, 0.717) is 22.7 Å². The highest BCUT2D eigenvalue weighted by molar-refractivity contribution is 5.71. The SMILES string of the molecule is Fc1ccc(-c2nc3cncnc3o2)cc1. The summed E-state index contributed by atoms with van der Waals surface area (Å²) in [6.07, 6.45) is 2.96. The first-order valence-corrected chi connectivity index (χ1v) is 4.65. The molecule has 1 aromatic carbocycles. The van der Waals surface area contributed by atoms with Crippen molar-refractivity contribution in [3.05, 3.63) is 42.6 Å². The number of benzene rings is 1. The Morgan fingerprint density at radius 3 is 2.69 bits per heavy atom. The van der Waals surface area contributed by atoms with E-state index in [1.807, 2.05) is 0 Å². The lowest BCUT2D eigenvalue weighted by molar-refractivity contribution is 0.605. The summed E-state index contributed by atoms with van der Waals surface area (Å²) in [6.45, 7) is 0. The van der Waals surface area contributed by atoms with Crippen LogP contribution >= 0.6 is 0 Å². The van der Waals surface area contributed by atoms with Gasteiger partial charge in [0.25, 0.3) is 0 Å². The Labute approximate surface area is 89.8 Å². The van der Waals surface area contributed by atoms with E-state index in [2.05, 4.69) is 15.0 Å². The molecule has 0 N–H and O–H groups in total. The molecule has 2 heterocycles. The van der Waals surface area contributed by atoms with Gasteiger partial charge in [-0.05, 0) is 24.3 Å². The van der Waals surface area contributed by atoms with Crippen molar-refractivity contribution in [1.29, 1.82) is 0 Å². The summed E-state index contributed by atoms with van der Waals surface area (Å²) in [4.78, 5) is 12.0. The maximum Gasteiger partial charge on any atom is 0.250 e. The van der Waals surface area contributed by atoms with E-state index >= 15 is 0 Å². The monoisotopic (exact) mass is 215 g/mol. The van der Waals surface area contributed by atoms with E-state index in [9.17, 15) is 4.39 Å². The highest BCUT2D eigenvalue weighted by Crippen LogP contribution is 2.22. The normalized spacial score (nSPS) is 10.8. The van der Waals surface area contributed by atoms with Crippen molar-refractivity contribution >= 4 is 11.2 Å². The van der Waals surface area contributed by atoms with Gasteiger partial charge in [0.2, 0.25) is 11.6 Å². The maximum absolute atomic E-state index is 12.7. The van der Waals surface area contributed by atoms with E-state index < -0.39 is 0 Å². The molecule has 3 rings (SSSR count). The van der Waals surface area contributed by atoms with Gasteiger partial charge in [-0.15, -0.1) is 0 Å². The van der Waals surface area contributed by atoms with Gasteiger partial charge in [0.05, 0.1) is 6.20 Å². The van der Waals surface area contributed by atoms with Crippen molar-refractivity contribution < 1.29 is 8.81 Å². The molecule has 0 spiro atoms. The van der Waals surface area contributed by atoms with Crippen molar-refractivity contribution in [3.8, 4) is 11.5 Å². The molecule has 0 aliphatic heterocycles. The summed E-state index contributed by atoms with van der Waals surface area (Å²) in [6, 6.07) is 5.92. The van der Waals surface area contributed by atoms with E-state index in [1.54, 1.807) is 18.3 Å². The summed E-state index contributed by atoms with van der Waals surface area (Å²) >= 11 is 0. The minimum Gasteiger partial charge on any atom is -0.418 e. The zero-order valence-corrected chi connectivity index (χ0v) is 8.09. The van der Waals surface area contributed by atoms with Crippen molar-refractivity contribution in [2.24, 2.45) is 0 Å². The van der Waals surface area contributed by atoms with Crippen LogP contribution in [0.5, 0.6) is 0 Å². The molecule has 0 aliphatic carbocycles. The van der Waals surface area contributed by atoms with E-state index in [0.717, 1.165) is 0 Å². The Balaban J connectivity index is 2.15. The molecule has 0 saturated carbocycles. The maximum atomic E-state index is 12.7. The second-order valence-electron chi connectivity index (χ2n) is 3.24. The molecule has 0 bridgehead atoms. The molecular weight excluding hydrogens is 209 g/mol. The van der Waals surface area contributed by atoms with Gasteiger partial charge in [-0.2, -0.15) is 4.98 Å². The summed E-state index contributed by atoms with van der Waals surface area (Å²) < 4.78 is 18.1. The first kappa shape index (κ1) is 8.96. The Kier molecular flexibility index (Phi) is 1.89. The molecule has 3 aromatic rings. The van der Waals surface area contributed by atoms with Gasteiger partial charge < -0.3 is 4.42 Å². The van der Waals surface area contributed by atoms with Crippen LogP contribution in [0.4, 0.5) is 4.39 Å². The van der Waals surface area contributed by atoms with Crippen LogP contribution in [0.1, 0.15) is 0 Å². The fourth-order valence-corrected chi connectivity index (χ4v) is 1.41. The predicted octanol–water partition coefficient (Wildman–Crippen LogP) is 2.42. The van der Waals surface area contributed by atoms with Gasteiger partial charge in [0, 0.05) is 5.56 Å². The zero-order chi connectivity index (χ0) is 11.0. The van der Waals surface area contributed by atoms with E-state index in [-0.39, 0.29) is 5.82 Å². The smallest absolute Gasteiger partial charge is 0.250 e. The Morgan fingerprint density at radius 1 is 1.12 bits per heavy atom. The molecule has 4 nitrogen and oxygen atoms in total. The van der Waals surface area contributed by atoms with Crippen molar-refractivity contribution in [1.82, 2.24) is 15.0 Å². The molecule has 0 saturated heterocycles. The van der Waals surface area contributed by atoms with Crippen LogP contribution in [0.25, 0.3) is 22.7 Å². The average Bonchev–Trinajstić information content (AvgIpc) is 2.73. The van der Waals surface area contributed by atoms with Crippen LogP contribution in [0.15, 0.2) is 41.2 Å². The number of aromatic nitrogens is 3. The number of hydrogen-bond acceptors (Lipinski definition) is 4. The highest BCUT2D eigenvalue weighted by atomic mass is 19.1. The third-order valence-corrected chi connectivity index (χ3v) is 2.16. The predicted molar refractivity (Wildman–Crippen MR) is 55.0 cm³/mol. The van der Waals surface area contributed by atoms with Crippen LogP contribution in [0, 0.1) is 5.82 Å². The third-order valence-electron chi connectivity index (χ3n) is 2.16. The van der Waals surface area contributed by atoms with Crippen LogP contribution in [-0.2, 0) is 0 Å². The van der Waals surface area contributed by atoms with Crippen LogP contribution < -0.4 is 0 Å². The third kappa shape index (κ3) is 1.42. The first-order valence-electron chi connectivity index (χ1n) is 4.65. The lowest BCUT2D eigenvalue weighted by Crippen LogP contribution is -1.78. The number of fused-ring (bicyclic) bond motifs is 1. The number of rotatable bonds is 1. The quantitative estimate of drug-likeness (QED) is 0.625. The van der Waals surface area contributed by atoms with Gasteiger partial charge in [-0.3, -0.25) is 0 Å². The van der Waals surface area contributed by atoms with Gasteiger partial charge in [0.15, 0.2) is 0 Å². The summed E-state index contributed by atoms with van der Waals surface area (Å²) in [5, 5.41) is 0. The lowest BCUT2D eigenvalue weighted by atomic mass is 10.2. The number of oxazole rings is 1. The van der Waals surface area contributed by atoms with Crippen molar-refractivity contribution in [2.45, 2.75) is 0 Å². The topological polar surface area (TPSA) is 51.8 Å². The molecule has 0 fully saturated rings. The average molecular weight is 215 g/mol. The molecule has 0 amide bonds. The van der Waals surface area contributed by atoms with E-state index in [1.165, 1.54) is 18.5 Å². The van der Waals surface area contributed by atoms with E-state index in [4.69, 9.17) is 4.42 Å². The van der Waals surface area contributed by atoms with Crippen molar-refractivity contribution in [2.75, 3.05) is 0 Å². The summed E-state index contributed by atoms with van der Waals surface area (Å²) in [5.41, 5.74) is 1.72. The standard InChI is InChI=1S/C11H6FN3O/c12-8-3-1-7(2-4-8)10-15-9-5-13-6-14-11(9)16-10/h1-6H. The first-order chi connectivity index (χ1) is 7.83. The van der Waals surface area contributed by atoms with Crippen LogP contribution in [0.2, 0.25) is 0 Å². The molecule has 0 aliphatic rings. The van der Waals surface area contributed by atoms with Gasteiger partial charge in [-0.25, -0.2) is 14.4 Å². The lowest BCUT2D eigenvalue weighted by Gasteiger charge is -1.93. The van der Waals surface area contributed by atoms with Crippen LogP contribution in [-0.4, -0.2) is 15.0 Å². The Bertz CT molecular complexity index is 600. The second-order valence-corrected chi connectivity index (χ2v) is 3.24. The molecule has 16 heavy (non-hydrogen) atoms. The fraction of sp³-hybridized carbons (Fsp3) is 0. The Morgan fingerprint density at radius 2 is 1.94 bits per heavy atom. The van der Waals surface area contributed by atoms with Crippen molar-refractivity contribution in [3.63, 3.8) is 0 Å². The molecule has 0 atom stereocenters. The minimum atomic E-state index is -0.292. The van der Waals surface area contributed by atoms with Gasteiger partial charge >= 0.3 is 0 Å². The number of hydrogen-bond donors (Lipinski definition) is 0. The second kappa shape index (κ2) is 3.37. The summed E-state index contributed by atoms with van der Waals surface area (Å²) in [7, 11) is 0. The molecule has 0 unspecified atom stereocenters. The minimum absolute atomic E-state index is 0.292. The molecule has 0 radical (unpaired) electrons. The molecule has 78 valence electrons. The zero-order valence-electron chi connectivity index (χ0n) is 8.09. The highest BCUT2D eigenvalue weighted by Gasteiger charge is 2.08. The molecule has 2 aromatic heterocycles. The van der Waals surface area contributed by atoms with Crippen LogP contribution in [0.3, 0.4) is 0 Å². The Hall–Kier alpha value is -2.30.